The van der Waals surface area contributed by atoms with Crippen LogP contribution in [0.1, 0.15) is 35.6 Å². The van der Waals surface area contributed by atoms with Crippen molar-refractivity contribution in [1.82, 2.24) is 4.57 Å². The number of nitro groups is 1. The molecule has 160 valence electrons. The van der Waals surface area contributed by atoms with Crippen molar-refractivity contribution in [2.24, 2.45) is 4.99 Å². The number of nitro benzene ring substituents is 1. The molecule has 1 aliphatic rings. The molecule has 0 radical (unpaired) electrons. The topological polar surface area (TPSA) is 60.4 Å². The number of nitrogens with zero attached hydrogens (tertiary/aromatic N) is 3. The molecule has 0 amide bonds. The Morgan fingerprint density at radius 2 is 1.91 bits per heavy atom. The molecule has 1 aliphatic carbocycles. The highest BCUT2D eigenvalue weighted by atomic mass is 32.1. The molecular formula is C26H23N3O2S. The lowest BCUT2D eigenvalue weighted by atomic mass is 9.87. The van der Waals surface area contributed by atoms with E-state index in [1.165, 1.54) is 17.2 Å². The number of non-ortho nitro benzene ring substituents is 1. The fourth-order valence-electron chi connectivity index (χ4n) is 4.50. The summed E-state index contributed by atoms with van der Waals surface area (Å²) in [7, 11) is 0. The Morgan fingerprint density at radius 1 is 1.06 bits per heavy atom. The van der Waals surface area contributed by atoms with Gasteiger partial charge in [-0.05, 0) is 55.0 Å². The van der Waals surface area contributed by atoms with E-state index in [9.17, 15) is 10.1 Å². The van der Waals surface area contributed by atoms with Crippen molar-refractivity contribution in [2.45, 2.75) is 32.2 Å². The second-order valence-corrected chi connectivity index (χ2v) is 8.98. The second-order valence-electron chi connectivity index (χ2n) is 8.14. The molecule has 0 N–H and O–H groups in total. The maximum absolute atomic E-state index is 11.4. The van der Waals surface area contributed by atoms with Crippen LogP contribution in [-0.2, 0) is 6.42 Å². The van der Waals surface area contributed by atoms with Crippen molar-refractivity contribution in [3.63, 3.8) is 0 Å². The average molecular weight is 442 g/mol. The van der Waals surface area contributed by atoms with Gasteiger partial charge in [0.1, 0.15) is 0 Å². The molecule has 1 heterocycles. The molecule has 0 saturated carbocycles. The molecule has 0 fully saturated rings. The van der Waals surface area contributed by atoms with E-state index < -0.39 is 0 Å². The van der Waals surface area contributed by atoms with E-state index in [0.29, 0.717) is 0 Å². The summed E-state index contributed by atoms with van der Waals surface area (Å²) in [4.78, 5) is 17.0. The Hall–Kier alpha value is -3.51. The molecule has 6 heteroatoms. The molecule has 0 saturated heterocycles. The van der Waals surface area contributed by atoms with Crippen molar-refractivity contribution in [3.8, 4) is 11.3 Å². The monoisotopic (exact) mass is 441 g/mol. The third kappa shape index (κ3) is 3.89. The molecule has 3 aromatic carbocycles. The summed E-state index contributed by atoms with van der Waals surface area (Å²) in [6.45, 7) is 2.06. The van der Waals surface area contributed by atoms with E-state index in [1.807, 2.05) is 18.2 Å². The molecule has 1 aromatic heterocycles. The quantitative estimate of drug-likeness (QED) is 0.265. The van der Waals surface area contributed by atoms with Gasteiger partial charge < -0.3 is 4.57 Å². The predicted molar refractivity (Wildman–Crippen MR) is 128 cm³/mol. The van der Waals surface area contributed by atoms with E-state index >= 15 is 0 Å². The van der Waals surface area contributed by atoms with Crippen molar-refractivity contribution >= 4 is 22.7 Å². The molecule has 5 nitrogen and oxygen atoms in total. The van der Waals surface area contributed by atoms with E-state index in [2.05, 4.69) is 53.3 Å². The minimum atomic E-state index is -0.339. The van der Waals surface area contributed by atoms with E-state index in [1.54, 1.807) is 23.5 Å². The van der Waals surface area contributed by atoms with Gasteiger partial charge in [0, 0.05) is 23.1 Å². The third-order valence-electron chi connectivity index (χ3n) is 5.97. The highest BCUT2D eigenvalue weighted by molar-refractivity contribution is 7.07. The molecule has 0 aliphatic heterocycles. The number of thiazole rings is 1. The molecule has 1 atom stereocenters. The smallest absolute Gasteiger partial charge is 0.270 e. The maximum Gasteiger partial charge on any atom is 0.270 e. The number of aryl methyl sites for hydroxylation is 2. The van der Waals surface area contributed by atoms with Gasteiger partial charge in [-0.1, -0.05) is 48.5 Å². The highest BCUT2D eigenvalue weighted by Gasteiger charge is 2.25. The zero-order valence-corrected chi connectivity index (χ0v) is 18.6. The normalized spacial score (nSPS) is 16.0. The summed E-state index contributed by atoms with van der Waals surface area (Å²) in [5.74, 6) is 0. The van der Waals surface area contributed by atoms with Crippen LogP contribution in [0, 0.1) is 17.0 Å². The van der Waals surface area contributed by atoms with Crippen LogP contribution in [0.2, 0.25) is 0 Å². The van der Waals surface area contributed by atoms with Gasteiger partial charge in [0.25, 0.3) is 5.69 Å². The van der Waals surface area contributed by atoms with Gasteiger partial charge in [-0.3, -0.25) is 10.1 Å². The zero-order valence-electron chi connectivity index (χ0n) is 17.8. The molecule has 4 aromatic rings. The fraction of sp³-hybridized carbons (Fsp3) is 0.192. The van der Waals surface area contributed by atoms with Crippen molar-refractivity contribution in [1.29, 1.82) is 0 Å². The second kappa shape index (κ2) is 8.55. The zero-order chi connectivity index (χ0) is 22.1. The number of hydrogen-bond donors (Lipinski definition) is 0. The average Bonchev–Trinajstić information content (AvgIpc) is 3.22. The first-order valence-corrected chi connectivity index (χ1v) is 11.6. The first kappa shape index (κ1) is 20.4. The van der Waals surface area contributed by atoms with Crippen LogP contribution in [0.5, 0.6) is 0 Å². The van der Waals surface area contributed by atoms with E-state index in [-0.39, 0.29) is 16.7 Å². The number of hydrogen-bond acceptors (Lipinski definition) is 4. The van der Waals surface area contributed by atoms with Crippen molar-refractivity contribution in [2.75, 3.05) is 0 Å². The third-order valence-corrected chi connectivity index (χ3v) is 6.81. The minimum Gasteiger partial charge on any atom is -0.309 e. The fourth-order valence-corrected chi connectivity index (χ4v) is 5.46. The number of aromatic nitrogens is 1. The summed E-state index contributed by atoms with van der Waals surface area (Å²) in [6, 6.07) is 23.8. The molecule has 5 rings (SSSR count). The standard InChI is InChI=1S/C26H23N3O2S/c1-18-7-4-11-21(15-18)27-26-28(24-14-6-9-19-8-2-3-13-23(19)24)25(17-32-26)20-10-5-12-22(16-20)29(30)31/h2-5,7-8,10-13,15-17,24H,6,9,14H2,1H3. The first-order valence-electron chi connectivity index (χ1n) is 10.7. The Morgan fingerprint density at radius 3 is 2.75 bits per heavy atom. The molecule has 32 heavy (non-hydrogen) atoms. The van der Waals surface area contributed by atoms with Gasteiger partial charge in [0.05, 0.1) is 22.3 Å². The van der Waals surface area contributed by atoms with Crippen LogP contribution in [0.4, 0.5) is 11.4 Å². The summed E-state index contributed by atoms with van der Waals surface area (Å²) in [6.07, 6.45) is 3.19. The predicted octanol–water partition coefficient (Wildman–Crippen LogP) is 6.59. The van der Waals surface area contributed by atoms with Crippen LogP contribution in [0.3, 0.4) is 0 Å². The Bertz CT molecular complexity index is 1370. The van der Waals surface area contributed by atoms with Crippen LogP contribution in [0.15, 0.2) is 83.2 Å². The molecule has 1 unspecified atom stereocenters. The minimum absolute atomic E-state index is 0.0986. The van der Waals surface area contributed by atoms with Gasteiger partial charge in [0.15, 0.2) is 4.80 Å². The Balaban J connectivity index is 1.74. The van der Waals surface area contributed by atoms with Crippen LogP contribution in [-0.4, -0.2) is 9.49 Å². The molecule has 0 spiro atoms. The van der Waals surface area contributed by atoms with Gasteiger partial charge >= 0.3 is 0 Å². The lowest BCUT2D eigenvalue weighted by molar-refractivity contribution is -0.384. The summed E-state index contributed by atoms with van der Waals surface area (Å²) in [5, 5.41) is 13.5. The summed E-state index contributed by atoms with van der Waals surface area (Å²) in [5.41, 5.74) is 6.66. The largest absolute Gasteiger partial charge is 0.309 e. The van der Waals surface area contributed by atoms with Crippen molar-refractivity contribution < 1.29 is 4.92 Å². The van der Waals surface area contributed by atoms with Crippen LogP contribution < -0.4 is 4.80 Å². The lowest BCUT2D eigenvalue weighted by Gasteiger charge is -2.28. The summed E-state index contributed by atoms with van der Waals surface area (Å²) < 4.78 is 2.28. The number of rotatable bonds is 4. The van der Waals surface area contributed by atoms with Gasteiger partial charge in [-0.2, -0.15) is 0 Å². The van der Waals surface area contributed by atoms with Gasteiger partial charge in [-0.15, -0.1) is 11.3 Å². The molecular weight excluding hydrogens is 418 g/mol. The van der Waals surface area contributed by atoms with Gasteiger partial charge in [-0.25, -0.2) is 4.99 Å². The van der Waals surface area contributed by atoms with E-state index in [0.717, 1.165) is 46.6 Å². The van der Waals surface area contributed by atoms with Gasteiger partial charge in [0.2, 0.25) is 0 Å². The maximum atomic E-state index is 11.4. The highest BCUT2D eigenvalue weighted by Crippen LogP contribution is 2.36. The lowest BCUT2D eigenvalue weighted by Crippen LogP contribution is -2.26. The SMILES string of the molecule is Cc1cccc(N=c2scc(-c3cccc([N+](=O)[O-])c3)n2C2CCCc3ccccc32)c1. The number of fused-ring (bicyclic) bond motifs is 1. The van der Waals surface area contributed by atoms with Crippen LogP contribution in [0.25, 0.3) is 11.3 Å². The number of benzene rings is 3. The Kier molecular flexibility index (Phi) is 5.45. The van der Waals surface area contributed by atoms with Crippen LogP contribution >= 0.6 is 11.3 Å². The first-order chi connectivity index (χ1) is 15.6. The Labute approximate surface area is 190 Å². The van der Waals surface area contributed by atoms with E-state index in [4.69, 9.17) is 4.99 Å². The summed E-state index contributed by atoms with van der Waals surface area (Å²) >= 11 is 1.58. The van der Waals surface area contributed by atoms with Crippen molar-refractivity contribution in [3.05, 3.63) is 110 Å². The molecule has 0 bridgehead atoms.